The Bertz CT molecular complexity index is 2830. The maximum atomic E-state index is 13.2. The van der Waals surface area contributed by atoms with Gasteiger partial charge in [0.1, 0.15) is 58.2 Å². The normalized spacial score (nSPS) is 15.1. The Hall–Kier alpha value is -3.23. The third kappa shape index (κ3) is 10.4. The summed E-state index contributed by atoms with van der Waals surface area (Å²) in [5.41, 5.74) is 11.4. The van der Waals surface area contributed by atoms with Gasteiger partial charge in [-0.3, -0.25) is 20.4 Å². The van der Waals surface area contributed by atoms with Gasteiger partial charge in [0.15, 0.2) is 0 Å². The Balaban J connectivity index is 0.00000300. The fourth-order valence-corrected chi connectivity index (χ4v) is 7.33. The first-order valence-corrected chi connectivity index (χ1v) is 19.5. The van der Waals surface area contributed by atoms with Crippen molar-refractivity contribution in [1.29, 1.82) is 0 Å². The Morgan fingerprint density at radius 1 is 0.569 bits per heavy atom. The van der Waals surface area contributed by atoms with Crippen LogP contribution >= 0.6 is 0 Å². The van der Waals surface area contributed by atoms with Crippen LogP contribution in [-0.2, 0) is 35.1 Å². The smallest absolute Gasteiger partial charge is 0.744 e. The van der Waals surface area contributed by atoms with Crippen LogP contribution in [0.4, 0.5) is 17.1 Å². The van der Waals surface area contributed by atoms with Gasteiger partial charge in [0.2, 0.25) is 11.6 Å². The molecule has 2 aliphatic carbocycles. The number of hydrogen-bond donors (Lipinski definition) is 3. The zero-order valence-corrected chi connectivity index (χ0v) is 39.5. The monoisotopic (exact) mass is 875 g/mol. The molecular weight excluding hydrogens is 852 g/mol. The van der Waals surface area contributed by atoms with Crippen molar-refractivity contribution in [2.24, 2.45) is 10.2 Å². The molecule has 24 heteroatoms. The number of rotatable bonds is 10. The molecule has 0 radical (unpaired) electrons. The summed E-state index contributed by atoms with van der Waals surface area (Å²) in [5, 5.41) is 7.98. The zero-order valence-electron chi connectivity index (χ0n) is 31.1. The van der Waals surface area contributed by atoms with Gasteiger partial charge in [-0.15, -0.1) is 0 Å². The van der Waals surface area contributed by atoms with Crippen LogP contribution in [0, 0.1) is 0 Å². The van der Waals surface area contributed by atoms with E-state index in [2.05, 4.69) is 21.1 Å². The van der Waals surface area contributed by atoms with Crippen molar-refractivity contribution in [1.82, 2.24) is 0 Å². The van der Waals surface area contributed by atoms with Gasteiger partial charge in [-0.05, 0) is 89.0 Å². The Kier molecular flexibility index (Phi) is 16.1. The van der Waals surface area contributed by atoms with Crippen LogP contribution in [0.25, 0.3) is 23.3 Å². The number of fused-ring (bicyclic) bond motifs is 2. The van der Waals surface area contributed by atoms with Crippen molar-refractivity contribution in [3.8, 4) is 22.6 Å². The topological polar surface area (TPSA) is 299 Å². The molecule has 0 fully saturated rings. The van der Waals surface area contributed by atoms with Crippen LogP contribution in [0.5, 0.6) is 11.5 Å². The summed E-state index contributed by atoms with van der Waals surface area (Å²) in [6.45, 7) is 0. The molecule has 58 heavy (non-hydrogen) atoms. The predicted molar refractivity (Wildman–Crippen MR) is 196 cm³/mol. The molecule has 4 aromatic rings. The molecule has 0 aliphatic heterocycles. The molecule has 284 valence electrons. The number of nitrogen functional groups attached to an aromatic ring is 1. The van der Waals surface area contributed by atoms with Crippen molar-refractivity contribution in [3.05, 3.63) is 105 Å². The molecule has 0 spiro atoms. The van der Waals surface area contributed by atoms with Gasteiger partial charge in [0.05, 0.1) is 35.4 Å². The number of allylic oxidation sites excluding steroid dienone is 2. The fourth-order valence-electron chi connectivity index (χ4n) is 5.59. The Morgan fingerprint density at radius 3 is 1.55 bits per heavy atom. The standard InChI is InChI=1S/C34H27N5O13S3.3Na/c1-51-27-13-17(3-9-25(27)36-38-31-23-8-6-22(53(42,43)44)12-20(23)16-30(34(31)41)55(48,49)50)18-4-10-26(28(14-18)52-2)37-39-32-29(54(45,46)47)15-19-11-21(35)5-7-24(19)33(32)40;;;/h3-16,36-37H,35H2,1-2H3,(H,42,43,44)(H,45,46,47)(H,48,49,50);;;/q;3*+1/p-3. The number of hydrazone groups is 2. The molecule has 4 N–H and O–H groups in total. The minimum Gasteiger partial charge on any atom is -0.744 e. The number of nitrogens with zero attached hydrogens (tertiary/aromatic N) is 2. The number of ether oxygens (including phenoxy) is 2. The molecular formula is C34H24N5Na3O13S3. The first-order chi connectivity index (χ1) is 25.8. The summed E-state index contributed by atoms with van der Waals surface area (Å²) in [6.07, 6.45) is 1.69. The first-order valence-electron chi connectivity index (χ1n) is 15.3. The summed E-state index contributed by atoms with van der Waals surface area (Å²) < 4.78 is 117. The number of hydrogen-bond acceptors (Lipinski definition) is 18. The average molecular weight is 876 g/mol. The van der Waals surface area contributed by atoms with Gasteiger partial charge >= 0.3 is 88.7 Å². The molecule has 18 nitrogen and oxygen atoms in total. The van der Waals surface area contributed by atoms with E-state index in [0.717, 1.165) is 24.3 Å². The number of nitrogens with two attached hydrogens (primary N) is 1. The van der Waals surface area contributed by atoms with Crippen molar-refractivity contribution in [2.75, 3.05) is 30.8 Å². The van der Waals surface area contributed by atoms with Gasteiger partial charge in [-0.25, -0.2) is 25.3 Å². The molecule has 0 saturated carbocycles. The first kappa shape index (κ1) is 49.1. The average Bonchev–Trinajstić information content (AvgIpc) is 3.12. The molecule has 0 atom stereocenters. The van der Waals surface area contributed by atoms with E-state index >= 15 is 0 Å². The van der Waals surface area contributed by atoms with E-state index in [1.54, 1.807) is 24.3 Å². The summed E-state index contributed by atoms with van der Waals surface area (Å²) in [4.78, 5) is 23.5. The largest absolute Gasteiger partial charge is 1.00 e. The van der Waals surface area contributed by atoms with E-state index in [1.165, 1.54) is 44.6 Å². The number of methoxy groups -OCH3 is 2. The van der Waals surface area contributed by atoms with Crippen LogP contribution in [0.3, 0.4) is 0 Å². The quantitative estimate of drug-likeness (QED) is 0.0578. The molecule has 0 bridgehead atoms. The van der Waals surface area contributed by atoms with Crippen molar-refractivity contribution in [2.45, 2.75) is 4.90 Å². The number of benzene rings is 4. The van der Waals surface area contributed by atoms with E-state index in [9.17, 15) is 48.5 Å². The van der Waals surface area contributed by atoms with E-state index in [0.29, 0.717) is 17.2 Å². The number of anilines is 3. The minimum atomic E-state index is -5.35. The minimum absolute atomic E-state index is 0. The van der Waals surface area contributed by atoms with Crippen LogP contribution in [0.2, 0.25) is 0 Å². The van der Waals surface area contributed by atoms with Crippen molar-refractivity contribution in [3.63, 3.8) is 0 Å². The maximum Gasteiger partial charge on any atom is 1.00 e. The maximum absolute atomic E-state index is 13.2. The molecule has 0 saturated heterocycles. The van der Waals surface area contributed by atoms with Crippen LogP contribution in [0.15, 0.2) is 97.7 Å². The second-order valence-electron chi connectivity index (χ2n) is 11.6. The summed E-state index contributed by atoms with van der Waals surface area (Å²) in [5.74, 6) is -1.76. The summed E-state index contributed by atoms with van der Waals surface area (Å²) >= 11 is 0. The number of nitrogens with one attached hydrogen (secondary N) is 2. The fraction of sp³-hybridized carbons (Fsp3) is 0.0588. The van der Waals surface area contributed by atoms with E-state index in [-0.39, 0.29) is 139 Å². The molecule has 0 aromatic heterocycles. The van der Waals surface area contributed by atoms with E-state index in [1.807, 2.05) is 0 Å². The molecule has 4 aromatic carbocycles. The zero-order chi connectivity index (χ0) is 40.0. The second kappa shape index (κ2) is 19.0. The Morgan fingerprint density at radius 2 is 1.05 bits per heavy atom. The number of carbonyl (C=O) groups excluding carboxylic acids is 2. The van der Waals surface area contributed by atoms with Crippen LogP contribution < -0.4 is 115 Å². The summed E-state index contributed by atoms with van der Waals surface area (Å²) in [6, 6.07) is 16.3. The second-order valence-corrected chi connectivity index (χ2v) is 15.7. The molecule has 2 aliphatic rings. The number of carbonyl (C=O) groups is 2. The molecule has 0 heterocycles. The number of Topliss-reactive ketones (excluding diaryl/α,β-unsaturated/α-hetero) is 2. The van der Waals surface area contributed by atoms with Gasteiger partial charge in [0.25, 0.3) is 0 Å². The third-order valence-corrected chi connectivity index (χ3v) is 10.7. The molecule has 0 amide bonds. The summed E-state index contributed by atoms with van der Waals surface area (Å²) in [7, 11) is -12.8. The van der Waals surface area contributed by atoms with Gasteiger partial charge < -0.3 is 28.9 Å². The van der Waals surface area contributed by atoms with Gasteiger partial charge in [-0.2, -0.15) is 10.2 Å². The van der Waals surface area contributed by atoms with Crippen LogP contribution in [0.1, 0.15) is 27.0 Å². The number of ketones is 2. The van der Waals surface area contributed by atoms with Gasteiger partial charge in [0, 0.05) is 16.8 Å². The third-order valence-electron chi connectivity index (χ3n) is 8.20. The van der Waals surface area contributed by atoms with Gasteiger partial charge in [-0.1, -0.05) is 18.2 Å². The van der Waals surface area contributed by atoms with Crippen molar-refractivity contribution < 1.29 is 147 Å². The van der Waals surface area contributed by atoms with Crippen molar-refractivity contribution >= 4 is 82.6 Å². The predicted octanol–water partition coefficient (Wildman–Crippen LogP) is -6.30. The van der Waals surface area contributed by atoms with Crippen LogP contribution in [-0.4, -0.2) is 76.1 Å². The molecule has 0 unspecified atom stereocenters. The van der Waals surface area contributed by atoms with E-state index in [4.69, 9.17) is 15.2 Å². The molecule has 6 rings (SSSR count). The Labute approximate surface area is 398 Å². The SMILES string of the molecule is COc1cc(-c2ccc(NN=C3C(=O)C(S(=O)(=O)[O-])=Cc4cc(S(=O)(=O)[O-])ccc43)c(OC)c2)ccc1NN=C1C(=O)c2ccc(N)cc2C=C1S(=O)(=O)[O-].[Na+].[Na+].[Na+]. The van der Waals surface area contributed by atoms with E-state index < -0.39 is 68.0 Å².